The van der Waals surface area contributed by atoms with Crippen molar-refractivity contribution in [1.82, 2.24) is 9.80 Å². The second-order valence-electron chi connectivity index (χ2n) is 5.42. The monoisotopic (exact) mass is 296 g/mol. The lowest BCUT2D eigenvalue weighted by atomic mass is 10.1. The molecule has 1 unspecified atom stereocenters. The number of aryl methyl sites for hydroxylation is 2. The van der Waals surface area contributed by atoms with Crippen LogP contribution in [0.2, 0.25) is 0 Å². The van der Waals surface area contributed by atoms with Crippen molar-refractivity contribution in [2.45, 2.75) is 33.2 Å². The largest absolute Gasteiger partial charge is 0.395 e. The summed E-state index contributed by atoms with van der Waals surface area (Å²) >= 11 is 1.59. The summed E-state index contributed by atoms with van der Waals surface area (Å²) in [5.74, 6) is 0.155. The average molecular weight is 296 g/mol. The second kappa shape index (κ2) is 6.70. The summed E-state index contributed by atoms with van der Waals surface area (Å²) in [6.07, 6.45) is 0.952. The van der Waals surface area contributed by atoms with E-state index in [1.165, 1.54) is 10.4 Å². The van der Waals surface area contributed by atoms with Gasteiger partial charge in [-0.1, -0.05) is 6.92 Å². The summed E-state index contributed by atoms with van der Waals surface area (Å²) in [5, 5.41) is 9.34. The Balaban J connectivity index is 1.95. The Morgan fingerprint density at radius 1 is 1.35 bits per heavy atom. The Bertz CT molecular complexity index is 441. The van der Waals surface area contributed by atoms with Gasteiger partial charge in [0.2, 0.25) is 0 Å². The molecule has 2 rings (SSSR count). The van der Waals surface area contributed by atoms with Gasteiger partial charge in [-0.05, 0) is 31.9 Å². The number of carbonyl (C=O) groups excluding carboxylic acids is 1. The van der Waals surface area contributed by atoms with Gasteiger partial charge < -0.3 is 10.0 Å². The molecule has 20 heavy (non-hydrogen) atoms. The zero-order valence-electron chi connectivity index (χ0n) is 12.6. The minimum absolute atomic E-state index is 0.155. The predicted octanol–water partition coefficient (Wildman–Crippen LogP) is 1.89. The van der Waals surface area contributed by atoms with E-state index >= 15 is 0 Å². The van der Waals surface area contributed by atoms with Crippen LogP contribution in [0.4, 0.5) is 0 Å². The number of hydrogen-bond acceptors (Lipinski definition) is 4. The lowest BCUT2D eigenvalue weighted by Gasteiger charge is -2.38. The summed E-state index contributed by atoms with van der Waals surface area (Å²) in [6.45, 7) is 9.62. The third-order valence-corrected chi connectivity index (χ3v) is 5.32. The standard InChI is InChI=1S/C15H24N2O2S/c1-4-13(10-18)16-5-7-17(8-6-16)15(19)14-9-11(2)12(3)20-14/h9,13,18H,4-8,10H2,1-3H3. The minimum atomic E-state index is 0.155. The highest BCUT2D eigenvalue weighted by atomic mass is 32.1. The molecule has 1 fully saturated rings. The number of amides is 1. The van der Waals surface area contributed by atoms with E-state index in [4.69, 9.17) is 0 Å². The Labute approximate surface area is 125 Å². The smallest absolute Gasteiger partial charge is 0.264 e. The van der Waals surface area contributed by atoms with Crippen LogP contribution in [0.5, 0.6) is 0 Å². The van der Waals surface area contributed by atoms with Crippen LogP contribution in [0.1, 0.15) is 33.5 Å². The fourth-order valence-electron chi connectivity index (χ4n) is 2.63. The third kappa shape index (κ3) is 3.22. The number of hydrogen-bond donors (Lipinski definition) is 1. The van der Waals surface area contributed by atoms with Gasteiger partial charge in [0.1, 0.15) is 0 Å². The topological polar surface area (TPSA) is 43.8 Å². The van der Waals surface area contributed by atoms with Crippen molar-refractivity contribution in [3.8, 4) is 0 Å². The van der Waals surface area contributed by atoms with E-state index in [1.54, 1.807) is 11.3 Å². The van der Waals surface area contributed by atoms with E-state index in [2.05, 4.69) is 18.7 Å². The summed E-state index contributed by atoms with van der Waals surface area (Å²) in [7, 11) is 0. The number of thiophene rings is 1. The van der Waals surface area contributed by atoms with E-state index in [9.17, 15) is 9.90 Å². The molecule has 1 amide bonds. The Morgan fingerprint density at radius 2 is 2.00 bits per heavy atom. The molecule has 5 heteroatoms. The first-order valence-corrected chi connectivity index (χ1v) is 8.09. The van der Waals surface area contributed by atoms with E-state index < -0.39 is 0 Å². The highest BCUT2D eigenvalue weighted by Gasteiger charge is 2.26. The van der Waals surface area contributed by atoms with E-state index in [-0.39, 0.29) is 18.6 Å². The Kier molecular flexibility index (Phi) is 5.18. The van der Waals surface area contributed by atoms with Crippen molar-refractivity contribution in [3.63, 3.8) is 0 Å². The molecular formula is C15H24N2O2S. The van der Waals surface area contributed by atoms with Crippen LogP contribution in [0.25, 0.3) is 0 Å². The van der Waals surface area contributed by atoms with Crippen LogP contribution >= 0.6 is 11.3 Å². The molecule has 1 aliphatic rings. The van der Waals surface area contributed by atoms with E-state index in [1.807, 2.05) is 17.9 Å². The van der Waals surface area contributed by atoms with Gasteiger partial charge in [-0.15, -0.1) is 11.3 Å². The molecule has 0 bridgehead atoms. The summed E-state index contributed by atoms with van der Waals surface area (Å²) in [6, 6.07) is 2.23. The second-order valence-corrected chi connectivity index (χ2v) is 6.68. The number of aliphatic hydroxyl groups excluding tert-OH is 1. The number of piperazine rings is 1. The molecule has 4 nitrogen and oxygen atoms in total. The molecule has 112 valence electrons. The Morgan fingerprint density at radius 3 is 2.45 bits per heavy atom. The third-order valence-electron chi connectivity index (χ3n) is 4.18. The highest BCUT2D eigenvalue weighted by molar-refractivity contribution is 7.14. The van der Waals surface area contributed by atoms with Gasteiger partial charge in [0.05, 0.1) is 11.5 Å². The number of rotatable bonds is 4. The zero-order valence-corrected chi connectivity index (χ0v) is 13.4. The van der Waals surface area contributed by atoms with Gasteiger partial charge in [0.25, 0.3) is 5.91 Å². The molecule has 1 aromatic rings. The molecule has 1 atom stereocenters. The SMILES string of the molecule is CCC(CO)N1CCN(C(=O)c2cc(C)c(C)s2)CC1. The van der Waals surface area contributed by atoms with Crippen LogP contribution < -0.4 is 0 Å². The normalized spacial score (nSPS) is 18.3. The van der Waals surface area contributed by atoms with E-state index in [0.717, 1.165) is 37.5 Å². The van der Waals surface area contributed by atoms with Crippen LogP contribution in [0, 0.1) is 13.8 Å². The van der Waals surface area contributed by atoms with Crippen molar-refractivity contribution < 1.29 is 9.90 Å². The summed E-state index contributed by atoms with van der Waals surface area (Å²) < 4.78 is 0. The fraction of sp³-hybridized carbons (Fsp3) is 0.667. The first kappa shape index (κ1) is 15.5. The lowest BCUT2D eigenvalue weighted by molar-refractivity contribution is 0.0476. The van der Waals surface area contributed by atoms with E-state index in [0.29, 0.717) is 0 Å². The molecule has 0 aromatic carbocycles. The molecule has 0 spiro atoms. The maximum Gasteiger partial charge on any atom is 0.264 e. The van der Waals surface area contributed by atoms with Crippen molar-refractivity contribution in [3.05, 3.63) is 21.4 Å². The summed E-state index contributed by atoms with van der Waals surface area (Å²) in [4.78, 5) is 18.7. The van der Waals surface area contributed by atoms with Gasteiger partial charge >= 0.3 is 0 Å². The molecule has 1 saturated heterocycles. The van der Waals surface area contributed by atoms with Crippen molar-refractivity contribution in [2.24, 2.45) is 0 Å². The van der Waals surface area contributed by atoms with Crippen LogP contribution in [0.15, 0.2) is 6.07 Å². The quantitative estimate of drug-likeness (QED) is 0.923. The van der Waals surface area contributed by atoms with Crippen molar-refractivity contribution >= 4 is 17.2 Å². The molecule has 0 aliphatic carbocycles. The van der Waals surface area contributed by atoms with Crippen LogP contribution in [-0.4, -0.2) is 59.6 Å². The first-order valence-electron chi connectivity index (χ1n) is 7.28. The summed E-state index contributed by atoms with van der Waals surface area (Å²) in [5.41, 5.74) is 1.20. The number of aliphatic hydroxyl groups is 1. The van der Waals surface area contributed by atoms with Gasteiger partial charge in [-0.2, -0.15) is 0 Å². The molecule has 1 N–H and O–H groups in total. The molecular weight excluding hydrogens is 272 g/mol. The molecule has 1 aliphatic heterocycles. The van der Waals surface area contributed by atoms with Gasteiger partial charge in [-0.25, -0.2) is 0 Å². The van der Waals surface area contributed by atoms with Gasteiger partial charge in [0, 0.05) is 37.1 Å². The molecule has 1 aromatic heterocycles. The number of carbonyl (C=O) groups is 1. The molecule has 0 saturated carbocycles. The molecule has 0 radical (unpaired) electrons. The predicted molar refractivity (Wildman–Crippen MR) is 82.4 cm³/mol. The maximum atomic E-state index is 12.4. The average Bonchev–Trinajstić information content (AvgIpc) is 2.80. The van der Waals surface area contributed by atoms with Crippen LogP contribution in [0.3, 0.4) is 0 Å². The Hall–Kier alpha value is -0.910. The van der Waals surface area contributed by atoms with Crippen LogP contribution in [-0.2, 0) is 0 Å². The highest BCUT2D eigenvalue weighted by Crippen LogP contribution is 2.22. The van der Waals surface area contributed by atoms with Crippen molar-refractivity contribution in [1.29, 1.82) is 0 Å². The maximum absolute atomic E-state index is 12.4. The van der Waals surface area contributed by atoms with Gasteiger partial charge in [0.15, 0.2) is 0 Å². The van der Waals surface area contributed by atoms with Gasteiger partial charge in [-0.3, -0.25) is 9.69 Å². The zero-order chi connectivity index (χ0) is 14.7. The lowest BCUT2D eigenvalue weighted by Crippen LogP contribution is -2.52. The fourth-order valence-corrected chi connectivity index (χ4v) is 3.63. The van der Waals surface area contributed by atoms with Crippen molar-refractivity contribution in [2.75, 3.05) is 32.8 Å². The number of nitrogens with zero attached hydrogens (tertiary/aromatic N) is 2. The molecule has 2 heterocycles. The first-order chi connectivity index (χ1) is 9.56. The minimum Gasteiger partial charge on any atom is -0.395 e.